The van der Waals surface area contributed by atoms with E-state index in [2.05, 4.69) is 31.2 Å². The van der Waals surface area contributed by atoms with Crippen molar-refractivity contribution in [1.82, 2.24) is 20.6 Å². The Morgan fingerprint density at radius 1 is 1.19 bits per heavy atom. The fourth-order valence-electron chi connectivity index (χ4n) is 3.04. The zero-order valence-corrected chi connectivity index (χ0v) is 18.0. The van der Waals surface area contributed by atoms with Crippen molar-refractivity contribution >= 4 is 50.4 Å². The molecule has 1 atom stereocenters. The van der Waals surface area contributed by atoms with Gasteiger partial charge in [0.2, 0.25) is 0 Å². The Labute approximate surface area is 187 Å². The van der Waals surface area contributed by atoms with Crippen molar-refractivity contribution in [2.24, 2.45) is 0 Å². The fraction of sp³-hybridized carbons (Fsp3) is 0.250. The highest BCUT2D eigenvalue weighted by atomic mass is 79.9. The van der Waals surface area contributed by atoms with Crippen LogP contribution in [-0.2, 0) is 0 Å². The van der Waals surface area contributed by atoms with Crippen molar-refractivity contribution in [3.05, 3.63) is 62.8 Å². The molecule has 3 aromatic rings. The van der Waals surface area contributed by atoms with E-state index in [9.17, 15) is 22.8 Å². The van der Waals surface area contributed by atoms with Crippen molar-refractivity contribution in [3.63, 3.8) is 0 Å². The summed E-state index contributed by atoms with van der Waals surface area (Å²) in [4.78, 5) is 31.6. The van der Waals surface area contributed by atoms with Crippen LogP contribution in [0.3, 0.4) is 0 Å². The number of halogens is 5. The third-order valence-electron chi connectivity index (χ3n) is 4.73. The van der Waals surface area contributed by atoms with E-state index in [4.69, 9.17) is 11.6 Å². The molecule has 0 radical (unpaired) electrons. The molecule has 31 heavy (non-hydrogen) atoms. The van der Waals surface area contributed by atoms with Gasteiger partial charge < -0.3 is 15.6 Å². The lowest BCUT2D eigenvalue weighted by atomic mass is 10.1. The van der Waals surface area contributed by atoms with Gasteiger partial charge in [0, 0.05) is 10.5 Å². The Morgan fingerprint density at radius 3 is 2.58 bits per heavy atom. The third-order valence-corrected chi connectivity index (χ3v) is 5.53. The molecule has 1 saturated carbocycles. The molecule has 1 aromatic heterocycles. The number of amides is 2. The number of carbonyl (C=O) groups excluding carboxylic acids is 2. The molecule has 1 aliphatic rings. The van der Waals surface area contributed by atoms with E-state index in [-0.39, 0.29) is 39.4 Å². The Morgan fingerprint density at radius 2 is 1.94 bits per heavy atom. The number of fused-ring (bicyclic) bond motifs is 1. The van der Waals surface area contributed by atoms with Gasteiger partial charge in [0.15, 0.2) is 11.9 Å². The van der Waals surface area contributed by atoms with E-state index in [1.807, 2.05) is 5.32 Å². The summed E-state index contributed by atoms with van der Waals surface area (Å²) in [5, 5.41) is 4.92. The molecule has 4 rings (SSSR count). The van der Waals surface area contributed by atoms with Gasteiger partial charge in [-0.2, -0.15) is 13.2 Å². The van der Waals surface area contributed by atoms with Gasteiger partial charge in [-0.1, -0.05) is 39.7 Å². The zero-order valence-electron chi connectivity index (χ0n) is 15.7. The Balaban J connectivity index is 1.61. The molecule has 11 heteroatoms. The number of aromatic amines is 1. The minimum absolute atomic E-state index is 0.122. The molecule has 1 aliphatic carbocycles. The van der Waals surface area contributed by atoms with Gasteiger partial charge in [0.05, 0.1) is 21.6 Å². The highest BCUT2D eigenvalue weighted by molar-refractivity contribution is 9.10. The van der Waals surface area contributed by atoms with Crippen LogP contribution in [0.15, 0.2) is 40.9 Å². The van der Waals surface area contributed by atoms with Gasteiger partial charge in [0.25, 0.3) is 11.8 Å². The smallest absolute Gasteiger partial charge is 0.349 e. The zero-order chi connectivity index (χ0) is 22.3. The summed E-state index contributed by atoms with van der Waals surface area (Å²) >= 11 is 9.30. The van der Waals surface area contributed by atoms with E-state index in [1.165, 1.54) is 30.3 Å². The van der Waals surface area contributed by atoms with E-state index in [0.29, 0.717) is 9.99 Å². The van der Waals surface area contributed by atoms with Gasteiger partial charge in [-0.3, -0.25) is 9.59 Å². The Bertz CT molecular complexity index is 1180. The molecule has 3 N–H and O–H groups in total. The quantitative estimate of drug-likeness (QED) is 0.452. The number of alkyl halides is 3. The molecule has 1 heterocycles. The van der Waals surface area contributed by atoms with Crippen LogP contribution in [0.25, 0.3) is 11.0 Å². The second-order valence-electron chi connectivity index (χ2n) is 7.19. The lowest BCUT2D eigenvalue weighted by Crippen LogP contribution is -2.38. The van der Waals surface area contributed by atoms with Gasteiger partial charge in [-0.25, -0.2) is 4.98 Å². The summed E-state index contributed by atoms with van der Waals surface area (Å²) in [6, 6.07) is 6.29. The molecule has 6 nitrogen and oxygen atoms in total. The van der Waals surface area contributed by atoms with Crippen LogP contribution in [0.1, 0.15) is 45.4 Å². The number of H-pyrrole nitrogens is 1. The van der Waals surface area contributed by atoms with Crippen LogP contribution in [0.4, 0.5) is 13.2 Å². The topological polar surface area (TPSA) is 86.9 Å². The van der Waals surface area contributed by atoms with Crippen LogP contribution >= 0.6 is 27.5 Å². The van der Waals surface area contributed by atoms with Crippen molar-refractivity contribution in [3.8, 4) is 0 Å². The number of nitrogens with zero attached hydrogens (tertiary/aromatic N) is 1. The van der Waals surface area contributed by atoms with Gasteiger partial charge >= 0.3 is 6.18 Å². The molecule has 1 unspecified atom stereocenters. The highest BCUT2D eigenvalue weighted by Gasteiger charge is 2.42. The molecule has 162 valence electrons. The first-order valence-corrected chi connectivity index (χ1v) is 10.4. The van der Waals surface area contributed by atoms with E-state index in [1.54, 1.807) is 6.07 Å². The number of imidazole rings is 1. The summed E-state index contributed by atoms with van der Waals surface area (Å²) in [6.07, 6.45) is -2.92. The van der Waals surface area contributed by atoms with Gasteiger partial charge in [-0.05, 0) is 42.7 Å². The maximum absolute atomic E-state index is 13.6. The predicted molar refractivity (Wildman–Crippen MR) is 112 cm³/mol. The lowest BCUT2D eigenvalue weighted by molar-refractivity contribution is -0.155. The summed E-state index contributed by atoms with van der Waals surface area (Å²) in [5.74, 6) is -1.73. The van der Waals surface area contributed by atoms with Crippen molar-refractivity contribution < 1.29 is 22.8 Å². The first-order chi connectivity index (χ1) is 14.6. The first-order valence-electron chi connectivity index (χ1n) is 9.25. The summed E-state index contributed by atoms with van der Waals surface area (Å²) in [6.45, 7) is 0. The second-order valence-corrected chi connectivity index (χ2v) is 8.51. The Hall–Kier alpha value is -2.59. The molecule has 1 fully saturated rings. The normalized spacial score (nSPS) is 15.0. The highest BCUT2D eigenvalue weighted by Crippen LogP contribution is 2.34. The number of nitrogens with one attached hydrogen (secondary N) is 3. The average Bonchev–Trinajstić information content (AvgIpc) is 3.40. The second kappa shape index (κ2) is 8.16. The fourth-order valence-corrected chi connectivity index (χ4v) is 3.71. The Kier molecular flexibility index (Phi) is 5.69. The number of benzene rings is 2. The maximum Gasteiger partial charge on any atom is 0.412 e. The number of hydrogen-bond donors (Lipinski definition) is 3. The van der Waals surface area contributed by atoms with E-state index >= 15 is 0 Å². The van der Waals surface area contributed by atoms with Gasteiger partial charge in [0.1, 0.15) is 0 Å². The number of hydrogen-bond acceptors (Lipinski definition) is 3. The minimum Gasteiger partial charge on any atom is -0.349 e. The molecule has 0 spiro atoms. The lowest BCUT2D eigenvalue weighted by Gasteiger charge is -2.21. The van der Waals surface area contributed by atoms with Crippen LogP contribution in [-0.4, -0.2) is 34.0 Å². The SMILES string of the molecule is O=C(NC(c1cccc(Br)c1)C(F)(F)F)c1nc2cc(C(=O)NC3CC3)c(Cl)cc2[nH]1. The molecule has 2 aromatic carbocycles. The first kappa shape index (κ1) is 21.6. The number of rotatable bonds is 5. The third kappa shape index (κ3) is 4.85. The van der Waals surface area contributed by atoms with Crippen LogP contribution in [0.5, 0.6) is 0 Å². The van der Waals surface area contributed by atoms with Crippen molar-refractivity contribution in [1.29, 1.82) is 0 Å². The summed E-state index contributed by atoms with van der Waals surface area (Å²) < 4.78 is 41.2. The van der Waals surface area contributed by atoms with Crippen molar-refractivity contribution in [2.75, 3.05) is 0 Å². The molecular weight excluding hydrogens is 501 g/mol. The van der Waals surface area contributed by atoms with Crippen LogP contribution < -0.4 is 10.6 Å². The van der Waals surface area contributed by atoms with Crippen LogP contribution in [0.2, 0.25) is 5.02 Å². The van der Waals surface area contributed by atoms with Gasteiger partial charge in [-0.15, -0.1) is 0 Å². The predicted octanol–water partition coefficient (Wildman–Crippen LogP) is 4.90. The average molecular weight is 516 g/mol. The maximum atomic E-state index is 13.6. The summed E-state index contributed by atoms with van der Waals surface area (Å²) in [7, 11) is 0. The molecule has 0 saturated heterocycles. The molecule has 0 bridgehead atoms. The molecule has 2 amide bonds. The molecule has 0 aliphatic heterocycles. The summed E-state index contributed by atoms with van der Waals surface area (Å²) in [5.41, 5.74) is 0.612. The van der Waals surface area contributed by atoms with E-state index < -0.39 is 18.1 Å². The monoisotopic (exact) mass is 514 g/mol. The van der Waals surface area contributed by atoms with E-state index in [0.717, 1.165) is 12.8 Å². The van der Waals surface area contributed by atoms with Crippen molar-refractivity contribution in [2.45, 2.75) is 31.1 Å². The minimum atomic E-state index is -4.72. The largest absolute Gasteiger partial charge is 0.412 e. The number of carbonyl (C=O) groups is 2. The standard InChI is InChI=1S/C20H15BrClF3N4O2/c21-10-3-1-2-9(6-10)16(20(23,24)25)29-19(31)17-27-14-7-12(13(22)8-15(14)28-17)18(30)26-11-4-5-11/h1-3,6-8,11,16H,4-5H2,(H,26,30)(H,27,28)(H,29,31). The van der Waals surface area contributed by atoms with Crippen LogP contribution in [0, 0.1) is 0 Å². The molecular formula is C20H15BrClF3N4O2. The number of aromatic nitrogens is 2.